The molecule has 1 saturated heterocycles. The number of nitrogens with zero attached hydrogens (tertiary/aromatic N) is 1. The van der Waals surface area contributed by atoms with E-state index in [0.717, 1.165) is 26.2 Å². The number of hydrogen-bond acceptors (Lipinski definition) is 5. The van der Waals surface area contributed by atoms with E-state index in [4.69, 9.17) is 0 Å². The standard InChI is InChI=1S/C14H20N2O3/c1-2-3-11(16-8-6-15-7-9-16)10-4-5-12(17)14(19)13(10)18/h2,4-5,11,15,17-19H,1,3,6-9H2/t11-/m1/s1. The van der Waals surface area contributed by atoms with E-state index in [1.54, 1.807) is 12.1 Å². The monoisotopic (exact) mass is 264 g/mol. The lowest BCUT2D eigenvalue weighted by Crippen LogP contribution is -2.45. The SMILES string of the molecule is C=CC[C@H](c1ccc(O)c(O)c1O)N1CCNCC1. The first-order valence-electron chi connectivity index (χ1n) is 6.44. The number of aromatic hydroxyl groups is 3. The Morgan fingerprint density at radius 2 is 1.89 bits per heavy atom. The Labute approximate surface area is 112 Å². The fourth-order valence-electron chi connectivity index (χ4n) is 2.48. The van der Waals surface area contributed by atoms with E-state index in [1.807, 2.05) is 0 Å². The van der Waals surface area contributed by atoms with Crippen molar-refractivity contribution in [1.29, 1.82) is 0 Å². The molecule has 1 fully saturated rings. The van der Waals surface area contributed by atoms with Crippen LogP contribution >= 0.6 is 0 Å². The van der Waals surface area contributed by atoms with Crippen LogP contribution in [0.25, 0.3) is 0 Å². The molecule has 104 valence electrons. The number of piperazine rings is 1. The van der Waals surface area contributed by atoms with E-state index in [9.17, 15) is 15.3 Å². The Balaban J connectivity index is 2.32. The zero-order chi connectivity index (χ0) is 13.8. The van der Waals surface area contributed by atoms with Crippen molar-refractivity contribution in [3.05, 3.63) is 30.4 Å². The van der Waals surface area contributed by atoms with Crippen molar-refractivity contribution in [1.82, 2.24) is 10.2 Å². The van der Waals surface area contributed by atoms with Gasteiger partial charge < -0.3 is 20.6 Å². The second-order valence-corrected chi connectivity index (χ2v) is 4.70. The second-order valence-electron chi connectivity index (χ2n) is 4.70. The highest BCUT2D eigenvalue weighted by atomic mass is 16.3. The minimum absolute atomic E-state index is 0.0360. The average Bonchev–Trinajstić information content (AvgIpc) is 2.44. The summed E-state index contributed by atoms with van der Waals surface area (Å²) in [5, 5.41) is 32.3. The summed E-state index contributed by atoms with van der Waals surface area (Å²) in [7, 11) is 0. The highest BCUT2D eigenvalue weighted by Crippen LogP contribution is 2.42. The lowest BCUT2D eigenvalue weighted by molar-refractivity contribution is 0.171. The van der Waals surface area contributed by atoms with Gasteiger partial charge in [0.05, 0.1) is 0 Å². The second kappa shape index (κ2) is 5.95. The zero-order valence-electron chi connectivity index (χ0n) is 10.8. The van der Waals surface area contributed by atoms with Crippen LogP contribution in [-0.2, 0) is 0 Å². The molecule has 1 atom stereocenters. The lowest BCUT2D eigenvalue weighted by atomic mass is 9.99. The van der Waals surface area contributed by atoms with Crippen LogP contribution in [0.3, 0.4) is 0 Å². The number of benzene rings is 1. The third-order valence-electron chi connectivity index (χ3n) is 3.50. The molecule has 1 aromatic carbocycles. The number of rotatable bonds is 4. The zero-order valence-corrected chi connectivity index (χ0v) is 10.8. The Hall–Kier alpha value is -1.72. The molecule has 0 bridgehead atoms. The van der Waals surface area contributed by atoms with Gasteiger partial charge in [0.2, 0.25) is 5.75 Å². The van der Waals surface area contributed by atoms with Gasteiger partial charge in [-0.05, 0) is 18.6 Å². The maximum atomic E-state index is 10.0. The van der Waals surface area contributed by atoms with Crippen molar-refractivity contribution in [2.75, 3.05) is 26.2 Å². The van der Waals surface area contributed by atoms with Gasteiger partial charge in [-0.2, -0.15) is 0 Å². The number of phenolic OH excluding ortho intramolecular Hbond substituents is 3. The van der Waals surface area contributed by atoms with Gasteiger partial charge in [0, 0.05) is 37.8 Å². The summed E-state index contributed by atoms with van der Waals surface area (Å²) in [6, 6.07) is 3.02. The maximum Gasteiger partial charge on any atom is 0.200 e. The molecule has 2 rings (SSSR count). The van der Waals surface area contributed by atoms with E-state index >= 15 is 0 Å². The van der Waals surface area contributed by atoms with Gasteiger partial charge in [-0.3, -0.25) is 4.90 Å². The van der Waals surface area contributed by atoms with Gasteiger partial charge in [-0.15, -0.1) is 6.58 Å². The summed E-state index contributed by atoms with van der Waals surface area (Å²) in [6.45, 7) is 7.31. The van der Waals surface area contributed by atoms with E-state index in [-0.39, 0.29) is 17.5 Å². The molecule has 0 saturated carbocycles. The van der Waals surface area contributed by atoms with Gasteiger partial charge in [-0.1, -0.05) is 6.08 Å². The van der Waals surface area contributed by atoms with Crippen molar-refractivity contribution in [3.63, 3.8) is 0 Å². The molecule has 1 heterocycles. The molecule has 1 aliphatic heterocycles. The molecule has 0 unspecified atom stereocenters. The van der Waals surface area contributed by atoms with E-state index < -0.39 is 5.75 Å². The summed E-state index contributed by atoms with van der Waals surface area (Å²) in [5.41, 5.74) is 0.622. The van der Waals surface area contributed by atoms with Gasteiger partial charge >= 0.3 is 0 Å². The molecule has 0 amide bonds. The molecular weight excluding hydrogens is 244 g/mol. The van der Waals surface area contributed by atoms with Crippen molar-refractivity contribution < 1.29 is 15.3 Å². The van der Waals surface area contributed by atoms with Crippen LogP contribution in [0.5, 0.6) is 17.2 Å². The molecular formula is C14H20N2O3. The molecule has 0 spiro atoms. The number of nitrogens with one attached hydrogen (secondary N) is 1. The average molecular weight is 264 g/mol. The first-order valence-corrected chi connectivity index (χ1v) is 6.44. The van der Waals surface area contributed by atoms with Crippen LogP contribution in [0, 0.1) is 0 Å². The Bertz CT molecular complexity index is 456. The third kappa shape index (κ3) is 2.83. The van der Waals surface area contributed by atoms with Crippen LogP contribution in [-0.4, -0.2) is 46.4 Å². The van der Waals surface area contributed by atoms with Crippen LogP contribution < -0.4 is 5.32 Å². The summed E-state index contributed by atoms with van der Waals surface area (Å²) in [5.74, 6) is -1.01. The van der Waals surface area contributed by atoms with Crippen LogP contribution in [0.4, 0.5) is 0 Å². The van der Waals surface area contributed by atoms with Crippen molar-refractivity contribution in [3.8, 4) is 17.2 Å². The minimum Gasteiger partial charge on any atom is -0.504 e. The van der Waals surface area contributed by atoms with E-state index in [2.05, 4.69) is 16.8 Å². The van der Waals surface area contributed by atoms with Crippen LogP contribution in [0.1, 0.15) is 18.0 Å². The summed E-state index contributed by atoms with van der Waals surface area (Å²) >= 11 is 0. The number of hydrogen-bond donors (Lipinski definition) is 4. The molecule has 0 aliphatic carbocycles. The molecule has 0 aromatic heterocycles. The Kier molecular flexibility index (Phi) is 4.29. The van der Waals surface area contributed by atoms with Crippen molar-refractivity contribution in [2.24, 2.45) is 0 Å². The van der Waals surface area contributed by atoms with Gasteiger partial charge in [0.15, 0.2) is 11.5 Å². The molecule has 1 aromatic rings. The fourth-order valence-corrected chi connectivity index (χ4v) is 2.48. The van der Waals surface area contributed by atoms with Gasteiger partial charge in [0.1, 0.15) is 0 Å². The summed E-state index contributed by atoms with van der Waals surface area (Å²) in [4.78, 5) is 2.24. The molecule has 5 heteroatoms. The molecule has 1 aliphatic rings. The summed E-state index contributed by atoms with van der Waals surface area (Å²) < 4.78 is 0. The lowest BCUT2D eigenvalue weighted by Gasteiger charge is -2.35. The van der Waals surface area contributed by atoms with Crippen molar-refractivity contribution >= 4 is 0 Å². The smallest absolute Gasteiger partial charge is 0.200 e. The highest BCUT2D eigenvalue weighted by Gasteiger charge is 2.25. The quantitative estimate of drug-likeness (QED) is 0.487. The topological polar surface area (TPSA) is 76.0 Å². The molecule has 19 heavy (non-hydrogen) atoms. The first kappa shape index (κ1) is 13.7. The Morgan fingerprint density at radius 1 is 1.21 bits per heavy atom. The highest BCUT2D eigenvalue weighted by molar-refractivity contribution is 5.54. The largest absolute Gasteiger partial charge is 0.504 e. The van der Waals surface area contributed by atoms with Crippen LogP contribution in [0.15, 0.2) is 24.8 Å². The van der Waals surface area contributed by atoms with E-state index in [0.29, 0.717) is 12.0 Å². The van der Waals surface area contributed by atoms with E-state index in [1.165, 1.54) is 6.07 Å². The van der Waals surface area contributed by atoms with Crippen LogP contribution in [0.2, 0.25) is 0 Å². The molecule has 4 N–H and O–H groups in total. The predicted octanol–water partition coefficient (Wildman–Crippen LogP) is 1.33. The maximum absolute atomic E-state index is 10.0. The first-order chi connectivity index (χ1) is 9.15. The summed E-state index contributed by atoms with van der Waals surface area (Å²) in [6.07, 6.45) is 2.48. The number of phenols is 3. The molecule has 0 radical (unpaired) electrons. The third-order valence-corrected chi connectivity index (χ3v) is 3.50. The predicted molar refractivity (Wildman–Crippen MR) is 73.4 cm³/mol. The Morgan fingerprint density at radius 3 is 2.53 bits per heavy atom. The van der Waals surface area contributed by atoms with Gasteiger partial charge in [-0.25, -0.2) is 0 Å². The van der Waals surface area contributed by atoms with Crippen molar-refractivity contribution in [2.45, 2.75) is 12.5 Å². The van der Waals surface area contributed by atoms with Gasteiger partial charge in [0.25, 0.3) is 0 Å². The molecule has 5 nitrogen and oxygen atoms in total. The normalized spacial score (nSPS) is 18.1. The fraction of sp³-hybridized carbons (Fsp3) is 0.429. The minimum atomic E-state index is -0.457.